The summed E-state index contributed by atoms with van der Waals surface area (Å²) in [6, 6.07) is 2.59. The highest BCUT2D eigenvalue weighted by atomic mass is 35.5. The fourth-order valence-electron chi connectivity index (χ4n) is 2.19. The van der Waals surface area contributed by atoms with Gasteiger partial charge >= 0.3 is 0 Å². The second-order valence-electron chi connectivity index (χ2n) is 4.56. The average Bonchev–Trinajstić information content (AvgIpc) is 2.75. The summed E-state index contributed by atoms with van der Waals surface area (Å²) in [5.41, 5.74) is 0.351. The molecule has 1 aromatic heterocycles. The zero-order valence-electron chi connectivity index (χ0n) is 10.6. The summed E-state index contributed by atoms with van der Waals surface area (Å²) < 4.78 is 23.1. The van der Waals surface area contributed by atoms with Crippen LogP contribution in [-0.4, -0.2) is 48.3 Å². The number of hydrogen-bond acceptors (Lipinski definition) is 4. The molecule has 1 atom stereocenters. The lowest BCUT2D eigenvalue weighted by Gasteiger charge is -2.26. The highest BCUT2D eigenvalue weighted by molar-refractivity contribution is 7.91. The van der Waals surface area contributed by atoms with E-state index in [0.29, 0.717) is 12.0 Å². The Kier molecular flexibility index (Phi) is 4.31. The second kappa shape index (κ2) is 5.81. The number of amides is 1. The van der Waals surface area contributed by atoms with Crippen molar-refractivity contribution in [2.24, 2.45) is 0 Å². The van der Waals surface area contributed by atoms with Gasteiger partial charge in [-0.3, -0.25) is 4.79 Å². The van der Waals surface area contributed by atoms with Crippen LogP contribution in [0.2, 0.25) is 5.15 Å². The van der Waals surface area contributed by atoms with E-state index < -0.39 is 9.84 Å². The molecule has 106 valence electrons. The Morgan fingerprint density at radius 3 is 2.90 bits per heavy atom. The summed E-state index contributed by atoms with van der Waals surface area (Å²) >= 11 is 5.76. The summed E-state index contributed by atoms with van der Waals surface area (Å²) in [7, 11) is -3.08. The summed E-state index contributed by atoms with van der Waals surface area (Å²) in [5, 5.41) is 0.204. The van der Waals surface area contributed by atoms with Crippen molar-refractivity contribution < 1.29 is 13.2 Å². The van der Waals surface area contributed by atoms with Crippen molar-refractivity contribution in [2.75, 3.05) is 18.1 Å². The Morgan fingerprint density at radius 1 is 1.60 bits per heavy atom. The van der Waals surface area contributed by atoms with Gasteiger partial charge in [0.05, 0.1) is 18.1 Å². The SMILES string of the molecule is C#CCN(C(=O)c1ccnc(Cl)c1)C1CCS(=O)(=O)C1. The predicted octanol–water partition coefficient (Wildman–Crippen LogP) is 0.998. The van der Waals surface area contributed by atoms with Gasteiger partial charge in [0.15, 0.2) is 9.84 Å². The summed E-state index contributed by atoms with van der Waals surface area (Å²) in [6.45, 7) is 0.0684. The maximum absolute atomic E-state index is 12.4. The maximum Gasteiger partial charge on any atom is 0.255 e. The molecular weight excluding hydrogens is 300 g/mol. The number of halogens is 1. The third kappa shape index (κ3) is 3.30. The fourth-order valence-corrected chi connectivity index (χ4v) is 4.09. The Bertz CT molecular complexity index is 666. The first kappa shape index (κ1) is 14.8. The van der Waals surface area contributed by atoms with Gasteiger partial charge in [-0.2, -0.15) is 0 Å². The topological polar surface area (TPSA) is 67.3 Å². The molecule has 0 N–H and O–H groups in total. The summed E-state index contributed by atoms with van der Waals surface area (Å²) in [4.78, 5) is 17.7. The van der Waals surface area contributed by atoms with Gasteiger partial charge in [-0.25, -0.2) is 13.4 Å². The smallest absolute Gasteiger partial charge is 0.255 e. The Balaban J connectivity index is 2.25. The second-order valence-corrected chi connectivity index (χ2v) is 7.18. The lowest BCUT2D eigenvalue weighted by Crippen LogP contribution is -2.41. The van der Waals surface area contributed by atoms with Gasteiger partial charge in [0.1, 0.15) is 5.15 Å². The van der Waals surface area contributed by atoms with E-state index in [1.807, 2.05) is 0 Å². The van der Waals surface area contributed by atoms with Crippen molar-refractivity contribution in [1.29, 1.82) is 0 Å². The van der Waals surface area contributed by atoms with Crippen LogP contribution < -0.4 is 0 Å². The molecule has 7 heteroatoms. The number of nitrogens with zero attached hydrogens (tertiary/aromatic N) is 2. The normalized spacial score (nSPS) is 20.3. The molecule has 0 bridgehead atoms. The fraction of sp³-hybridized carbons (Fsp3) is 0.385. The highest BCUT2D eigenvalue weighted by Gasteiger charge is 2.34. The first-order valence-corrected chi connectivity index (χ1v) is 8.19. The first-order chi connectivity index (χ1) is 9.43. The van der Waals surface area contributed by atoms with Crippen LogP contribution in [0.4, 0.5) is 0 Å². The van der Waals surface area contributed by atoms with E-state index in [2.05, 4.69) is 10.9 Å². The lowest BCUT2D eigenvalue weighted by atomic mass is 10.1. The summed E-state index contributed by atoms with van der Waals surface area (Å²) in [6.07, 6.45) is 7.12. The van der Waals surface area contributed by atoms with Crippen LogP contribution in [0.15, 0.2) is 18.3 Å². The molecule has 0 aliphatic carbocycles. The molecule has 0 saturated carbocycles. The van der Waals surface area contributed by atoms with Gasteiger partial charge in [0, 0.05) is 17.8 Å². The zero-order valence-corrected chi connectivity index (χ0v) is 12.2. The monoisotopic (exact) mass is 312 g/mol. The molecule has 1 aromatic rings. The van der Waals surface area contributed by atoms with Crippen LogP contribution >= 0.6 is 11.6 Å². The Morgan fingerprint density at radius 2 is 2.35 bits per heavy atom. The number of pyridine rings is 1. The van der Waals surface area contributed by atoms with Crippen LogP contribution in [0.3, 0.4) is 0 Å². The van der Waals surface area contributed by atoms with E-state index in [0.717, 1.165) is 0 Å². The van der Waals surface area contributed by atoms with E-state index in [1.54, 1.807) is 0 Å². The van der Waals surface area contributed by atoms with Crippen LogP contribution in [-0.2, 0) is 9.84 Å². The van der Waals surface area contributed by atoms with Crippen molar-refractivity contribution >= 4 is 27.3 Å². The van der Waals surface area contributed by atoms with Crippen LogP contribution in [0.5, 0.6) is 0 Å². The maximum atomic E-state index is 12.4. The molecule has 1 saturated heterocycles. The van der Waals surface area contributed by atoms with Gasteiger partial charge in [-0.15, -0.1) is 6.42 Å². The van der Waals surface area contributed by atoms with Crippen molar-refractivity contribution in [3.63, 3.8) is 0 Å². The number of terminal acetylenes is 1. The van der Waals surface area contributed by atoms with E-state index in [4.69, 9.17) is 18.0 Å². The lowest BCUT2D eigenvalue weighted by molar-refractivity contribution is 0.0724. The van der Waals surface area contributed by atoms with Gasteiger partial charge < -0.3 is 4.90 Å². The Hall–Kier alpha value is -1.58. The van der Waals surface area contributed by atoms with Crippen molar-refractivity contribution in [2.45, 2.75) is 12.5 Å². The third-order valence-corrected chi connectivity index (χ3v) is 5.10. The van der Waals surface area contributed by atoms with Crippen molar-refractivity contribution in [3.05, 3.63) is 29.0 Å². The standard InChI is InChI=1S/C13H13ClN2O3S/c1-2-6-16(11-4-7-20(18,19)9-11)13(17)10-3-5-15-12(14)8-10/h1,3,5,8,11H,4,6-7,9H2. The van der Waals surface area contributed by atoms with Crippen LogP contribution in [0.25, 0.3) is 0 Å². The third-order valence-electron chi connectivity index (χ3n) is 3.15. The minimum absolute atomic E-state index is 0.0424. The Labute approximate surface area is 122 Å². The molecule has 1 amide bonds. The molecule has 5 nitrogen and oxygen atoms in total. The summed E-state index contributed by atoms with van der Waals surface area (Å²) in [5.74, 6) is 2.12. The van der Waals surface area contributed by atoms with E-state index in [1.165, 1.54) is 23.2 Å². The average molecular weight is 313 g/mol. The number of carbonyl (C=O) groups is 1. The molecule has 2 heterocycles. The van der Waals surface area contributed by atoms with Gasteiger partial charge in [-0.05, 0) is 18.6 Å². The molecule has 20 heavy (non-hydrogen) atoms. The molecule has 2 rings (SSSR count). The van der Waals surface area contributed by atoms with Crippen molar-refractivity contribution in [3.8, 4) is 12.3 Å². The number of sulfone groups is 1. The predicted molar refractivity (Wildman–Crippen MR) is 76.2 cm³/mol. The number of aromatic nitrogens is 1. The molecular formula is C13H13ClN2O3S. The number of hydrogen-bond donors (Lipinski definition) is 0. The van der Waals surface area contributed by atoms with E-state index >= 15 is 0 Å². The van der Waals surface area contributed by atoms with Crippen LogP contribution in [0, 0.1) is 12.3 Å². The van der Waals surface area contributed by atoms with Crippen LogP contribution in [0.1, 0.15) is 16.8 Å². The zero-order chi connectivity index (χ0) is 14.8. The van der Waals surface area contributed by atoms with Crippen molar-refractivity contribution in [1.82, 2.24) is 9.88 Å². The van der Waals surface area contributed by atoms with Gasteiger partial charge in [0.25, 0.3) is 5.91 Å². The quantitative estimate of drug-likeness (QED) is 0.617. The molecule has 1 aliphatic heterocycles. The minimum atomic E-state index is -3.08. The highest BCUT2D eigenvalue weighted by Crippen LogP contribution is 2.20. The van der Waals surface area contributed by atoms with E-state index in [9.17, 15) is 13.2 Å². The van der Waals surface area contributed by atoms with E-state index in [-0.39, 0.29) is 35.2 Å². The first-order valence-electron chi connectivity index (χ1n) is 5.99. The number of carbonyl (C=O) groups excluding carboxylic acids is 1. The van der Waals surface area contributed by atoms with Gasteiger partial charge in [-0.1, -0.05) is 17.5 Å². The number of rotatable bonds is 3. The molecule has 1 unspecified atom stereocenters. The molecule has 1 aliphatic rings. The largest absolute Gasteiger partial charge is 0.323 e. The molecule has 0 spiro atoms. The van der Waals surface area contributed by atoms with Gasteiger partial charge in [0.2, 0.25) is 0 Å². The minimum Gasteiger partial charge on any atom is -0.323 e. The molecule has 0 radical (unpaired) electrons. The molecule has 0 aromatic carbocycles. The molecule has 1 fully saturated rings.